The van der Waals surface area contributed by atoms with Crippen molar-refractivity contribution in [3.63, 3.8) is 0 Å². The van der Waals surface area contributed by atoms with Gasteiger partial charge in [0.15, 0.2) is 5.76 Å². The van der Waals surface area contributed by atoms with Crippen molar-refractivity contribution in [1.29, 1.82) is 0 Å². The van der Waals surface area contributed by atoms with Crippen molar-refractivity contribution in [1.82, 2.24) is 5.32 Å². The van der Waals surface area contributed by atoms with E-state index in [-0.39, 0.29) is 17.4 Å². The van der Waals surface area contributed by atoms with Crippen molar-refractivity contribution < 1.29 is 14.1 Å². The smallest absolute Gasteiger partial charge is 0.287 e. The van der Waals surface area contributed by atoms with Crippen LogP contribution >= 0.6 is 0 Å². The van der Waals surface area contributed by atoms with E-state index in [0.29, 0.717) is 23.8 Å². The zero-order chi connectivity index (χ0) is 15.4. The largest absolute Gasteiger partial charge is 0.451 e. The van der Waals surface area contributed by atoms with E-state index in [1.807, 2.05) is 13.8 Å². The number of hydrogen-bond donors (Lipinski definition) is 1. The molecule has 2 aromatic rings. The predicted octanol–water partition coefficient (Wildman–Crippen LogP) is 3.24. The average molecular weight is 288 g/mol. The van der Waals surface area contributed by atoms with Crippen LogP contribution < -0.4 is 5.32 Å². The van der Waals surface area contributed by atoms with Gasteiger partial charge < -0.3 is 9.73 Å². The number of furan rings is 1. The Labute approximate surface area is 121 Å². The van der Waals surface area contributed by atoms with E-state index >= 15 is 0 Å². The zero-order valence-corrected chi connectivity index (χ0v) is 11.8. The number of para-hydroxylation sites is 1. The maximum absolute atomic E-state index is 11.9. The van der Waals surface area contributed by atoms with Crippen LogP contribution in [0.1, 0.15) is 24.4 Å². The molecule has 2 rings (SSSR count). The van der Waals surface area contributed by atoms with Crippen LogP contribution in [0.15, 0.2) is 40.8 Å². The Hall–Kier alpha value is -2.63. The number of nitro benzene ring substituents is 1. The minimum atomic E-state index is -0.476. The van der Waals surface area contributed by atoms with Gasteiger partial charge in [-0.05, 0) is 24.1 Å². The van der Waals surface area contributed by atoms with Gasteiger partial charge in [-0.2, -0.15) is 0 Å². The maximum atomic E-state index is 11.9. The number of carbonyl (C=O) groups excluding carboxylic acids is 1. The monoisotopic (exact) mass is 288 g/mol. The maximum Gasteiger partial charge on any atom is 0.287 e. The van der Waals surface area contributed by atoms with E-state index in [4.69, 9.17) is 4.42 Å². The third kappa shape index (κ3) is 3.47. The number of nitro groups is 1. The summed E-state index contributed by atoms with van der Waals surface area (Å²) in [5, 5.41) is 13.7. The Balaban J connectivity index is 2.24. The molecule has 0 radical (unpaired) electrons. The Morgan fingerprint density at radius 3 is 2.67 bits per heavy atom. The molecule has 0 saturated carbocycles. The average Bonchev–Trinajstić information content (AvgIpc) is 2.94. The van der Waals surface area contributed by atoms with Crippen LogP contribution in [0.25, 0.3) is 11.3 Å². The summed E-state index contributed by atoms with van der Waals surface area (Å²) in [7, 11) is 0. The van der Waals surface area contributed by atoms with Crippen LogP contribution in [0, 0.1) is 16.0 Å². The molecule has 6 nitrogen and oxygen atoms in total. The lowest BCUT2D eigenvalue weighted by atomic mass is 10.1. The number of nitrogens with one attached hydrogen (secondary N) is 1. The molecular weight excluding hydrogens is 272 g/mol. The Kier molecular flexibility index (Phi) is 4.37. The third-order valence-corrected chi connectivity index (χ3v) is 2.87. The standard InChI is InChI=1S/C15H16N2O4/c1-10(2)9-16-15(18)14-8-7-13(21-14)11-5-3-4-6-12(11)17(19)20/h3-8,10H,9H2,1-2H3,(H,16,18). The fourth-order valence-electron chi connectivity index (χ4n) is 1.83. The quantitative estimate of drug-likeness (QED) is 0.676. The Bertz CT molecular complexity index is 661. The molecule has 21 heavy (non-hydrogen) atoms. The summed E-state index contributed by atoms with van der Waals surface area (Å²) in [5.41, 5.74) is 0.298. The van der Waals surface area contributed by atoms with Crippen molar-refractivity contribution in [2.45, 2.75) is 13.8 Å². The van der Waals surface area contributed by atoms with Gasteiger partial charge in [-0.15, -0.1) is 0 Å². The van der Waals surface area contributed by atoms with Crippen LogP contribution in [-0.4, -0.2) is 17.4 Å². The third-order valence-electron chi connectivity index (χ3n) is 2.87. The lowest BCUT2D eigenvalue weighted by Gasteiger charge is -2.05. The molecule has 110 valence electrons. The molecule has 0 aliphatic carbocycles. The van der Waals surface area contributed by atoms with Gasteiger partial charge in [0, 0.05) is 12.6 Å². The minimum Gasteiger partial charge on any atom is -0.451 e. The highest BCUT2D eigenvalue weighted by Gasteiger charge is 2.19. The molecule has 6 heteroatoms. The summed E-state index contributed by atoms with van der Waals surface area (Å²) in [5.74, 6) is 0.452. The molecule has 1 aromatic heterocycles. The molecule has 0 bridgehead atoms. The summed E-state index contributed by atoms with van der Waals surface area (Å²) in [4.78, 5) is 22.4. The van der Waals surface area contributed by atoms with Crippen LogP contribution in [0.4, 0.5) is 5.69 Å². The van der Waals surface area contributed by atoms with Crippen molar-refractivity contribution >= 4 is 11.6 Å². The van der Waals surface area contributed by atoms with Gasteiger partial charge in [0.1, 0.15) is 5.76 Å². The first kappa shape index (κ1) is 14.8. The van der Waals surface area contributed by atoms with Gasteiger partial charge in [-0.1, -0.05) is 26.0 Å². The lowest BCUT2D eigenvalue weighted by molar-refractivity contribution is -0.384. The van der Waals surface area contributed by atoms with Gasteiger partial charge in [-0.3, -0.25) is 14.9 Å². The summed E-state index contributed by atoms with van der Waals surface area (Å²) >= 11 is 0. The summed E-state index contributed by atoms with van der Waals surface area (Å²) in [6.07, 6.45) is 0. The predicted molar refractivity (Wildman–Crippen MR) is 78.0 cm³/mol. The molecule has 1 amide bonds. The fraction of sp³-hybridized carbons (Fsp3) is 0.267. The van der Waals surface area contributed by atoms with E-state index in [0.717, 1.165) is 0 Å². The van der Waals surface area contributed by atoms with Gasteiger partial charge >= 0.3 is 0 Å². The Morgan fingerprint density at radius 1 is 1.29 bits per heavy atom. The number of benzene rings is 1. The van der Waals surface area contributed by atoms with Crippen molar-refractivity contribution in [3.05, 3.63) is 52.3 Å². The first-order chi connectivity index (χ1) is 9.99. The van der Waals surface area contributed by atoms with Crippen LogP contribution in [-0.2, 0) is 0 Å². The van der Waals surface area contributed by atoms with Crippen molar-refractivity contribution in [2.24, 2.45) is 5.92 Å². The van der Waals surface area contributed by atoms with E-state index in [1.165, 1.54) is 12.1 Å². The van der Waals surface area contributed by atoms with Crippen molar-refractivity contribution in [2.75, 3.05) is 6.54 Å². The molecular formula is C15H16N2O4. The number of amides is 1. The highest BCUT2D eigenvalue weighted by atomic mass is 16.6. The van der Waals surface area contributed by atoms with E-state index in [1.54, 1.807) is 24.3 Å². The fourth-order valence-corrected chi connectivity index (χ4v) is 1.83. The normalized spacial score (nSPS) is 10.6. The Morgan fingerprint density at radius 2 is 2.00 bits per heavy atom. The van der Waals surface area contributed by atoms with Gasteiger partial charge in [-0.25, -0.2) is 0 Å². The first-order valence-corrected chi connectivity index (χ1v) is 6.61. The van der Waals surface area contributed by atoms with E-state index < -0.39 is 4.92 Å². The van der Waals surface area contributed by atoms with Crippen LogP contribution in [0.3, 0.4) is 0 Å². The lowest BCUT2D eigenvalue weighted by Crippen LogP contribution is -2.26. The van der Waals surface area contributed by atoms with E-state index in [9.17, 15) is 14.9 Å². The molecule has 0 atom stereocenters. The molecule has 1 heterocycles. The van der Waals surface area contributed by atoms with Gasteiger partial charge in [0.25, 0.3) is 11.6 Å². The summed E-state index contributed by atoms with van der Waals surface area (Å²) in [6, 6.07) is 9.33. The molecule has 1 N–H and O–H groups in total. The van der Waals surface area contributed by atoms with Crippen LogP contribution in [0.2, 0.25) is 0 Å². The second-order valence-electron chi connectivity index (χ2n) is 5.04. The first-order valence-electron chi connectivity index (χ1n) is 6.61. The van der Waals surface area contributed by atoms with Crippen molar-refractivity contribution in [3.8, 4) is 11.3 Å². The second kappa shape index (κ2) is 6.21. The summed E-state index contributed by atoms with van der Waals surface area (Å²) in [6.45, 7) is 4.52. The summed E-state index contributed by atoms with van der Waals surface area (Å²) < 4.78 is 5.44. The van der Waals surface area contributed by atoms with E-state index in [2.05, 4.69) is 5.32 Å². The number of rotatable bonds is 5. The topological polar surface area (TPSA) is 85.4 Å². The molecule has 0 saturated heterocycles. The van der Waals surface area contributed by atoms with Gasteiger partial charge in [0.05, 0.1) is 10.5 Å². The molecule has 0 fully saturated rings. The molecule has 0 spiro atoms. The van der Waals surface area contributed by atoms with Gasteiger partial charge in [0.2, 0.25) is 0 Å². The second-order valence-corrected chi connectivity index (χ2v) is 5.04. The highest BCUT2D eigenvalue weighted by molar-refractivity contribution is 5.92. The minimum absolute atomic E-state index is 0.0546. The molecule has 0 unspecified atom stereocenters. The van der Waals surface area contributed by atoms with Crippen LogP contribution in [0.5, 0.6) is 0 Å². The zero-order valence-electron chi connectivity index (χ0n) is 11.8. The number of carbonyl (C=O) groups is 1. The molecule has 0 aliphatic heterocycles. The highest BCUT2D eigenvalue weighted by Crippen LogP contribution is 2.30. The molecule has 0 aliphatic rings. The number of hydrogen-bond acceptors (Lipinski definition) is 4. The molecule has 1 aromatic carbocycles. The SMILES string of the molecule is CC(C)CNC(=O)c1ccc(-c2ccccc2[N+](=O)[O-])o1. The number of nitrogens with zero attached hydrogens (tertiary/aromatic N) is 1.